The van der Waals surface area contributed by atoms with Crippen molar-refractivity contribution in [2.75, 3.05) is 0 Å². The first-order chi connectivity index (χ1) is 10.8. The number of hydrogen-bond acceptors (Lipinski definition) is 1. The van der Waals surface area contributed by atoms with Crippen LogP contribution in [0.1, 0.15) is 18.9 Å². The Morgan fingerprint density at radius 1 is 0.727 bits per heavy atom. The minimum absolute atomic E-state index is 0.389. The molecule has 110 valence electrons. The van der Waals surface area contributed by atoms with E-state index in [4.69, 9.17) is 0 Å². The number of hydrogen-bond donors (Lipinski definition) is 1. The predicted molar refractivity (Wildman–Crippen MR) is 93.0 cm³/mol. The van der Waals surface area contributed by atoms with Gasteiger partial charge in [-0.05, 0) is 34.7 Å². The Bertz CT molecular complexity index is 746. The lowest BCUT2D eigenvalue weighted by atomic mass is 9.88. The van der Waals surface area contributed by atoms with E-state index in [-0.39, 0.29) is 0 Å². The van der Waals surface area contributed by atoms with Crippen molar-refractivity contribution in [3.8, 4) is 28.0 Å². The highest BCUT2D eigenvalue weighted by Crippen LogP contribution is 2.39. The van der Waals surface area contributed by atoms with E-state index in [1.165, 1.54) is 11.1 Å². The van der Waals surface area contributed by atoms with Gasteiger partial charge in [0.05, 0.1) is 0 Å². The molecule has 1 nitrogen and oxygen atoms in total. The summed E-state index contributed by atoms with van der Waals surface area (Å²) in [5.41, 5.74) is 5.69. The fourth-order valence-corrected chi connectivity index (χ4v) is 2.93. The van der Waals surface area contributed by atoms with Crippen LogP contribution in [0.3, 0.4) is 0 Å². The van der Waals surface area contributed by atoms with E-state index in [2.05, 4.69) is 43.3 Å². The van der Waals surface area contributed by atoms with E-state index in [1.54, 1.807) is 0 Å². The molecular formula is C21H20O. The molecule has 0 bridgehead atoms. The zero-order valence-electron chi connectivity index (χ0n) is 12.8. The molecule has 0 radical (unpaired) electrons. The van der Waals surface area contributed by atoms with Crippen LogP contribution in [-0.4, -0.2) is 5.11 Å². The zero-order valence-corrected chi connectivity index (χ0v) is 12.8. The summed E-state index contributed by atoms with van der Waals surface area (Å²) in [5, 5.41) is 10.4. The molecule has 0 spiro atoms. The van der Waals surface area contributed by atoms with Crippen LogP contribution < -0.4 is 0 Å². The van der Waals surface area contributed by atoms with Gasteiger partial charge in [-0.1, -0.05) is 80.1 Å². The topological polar surface area (TPSA) is 20.2 Å². The zero-order chi connectivity index (χ0) is 15.4. The summed E-state index contributed by atoms with van der Waals surface area (Å²) in [6, 6.07) is 24.5. The van der Waals surface area contributed by atoms with Gasteiger partial charge in [-0.15, -0.1) is 0 Å². The van der Waals surface area contributed by atoms with Gasteiger partial charge in [-0.25, -0.2) is 0 Å². The minimum atomic E-state index is 0.389. The van der Waals surface area contributed by atoms with Gasteiger partial charge in [-0.2, -0.15) is 0 Å². The van der Waals surface area contributed by atoms with Gasteiger partial charge < -0.3 is 5.11 Å². The predicted octanol–water partition coefficient (Wildman–Crippen LogP) is 5.68. The van der Waals surface area contributed by atoms with Gasteiger partial charge >= 0.3 is 0 Å². The Hall–Kier alpha value is -2.54. The number of aromatic hydroxyl groups is 1. The van der Waals surface area contributed by atoms with Crippen LogP contribution in [0, 0.1) is 0 Å². The van der Waals surface area contributed by atoms with Gasteiger partial charge in [0, 0.05) is 5.56 Å². The molecule has 22 heavy (non-hydrogen) atoms. The second-order valence-corrected chi connectivity index (χ2v) is 5.47. The first-order valence-electron chi connectivity index (χ1n) is 7.77. The lowest BCUT2D eigenvalue weighted by Crippen LogP contribution is -1.94. The summed E-state index contributed by atoms with van der Waals surface area (Å²) < 4.78 is 0. The van der Waals surface area contributed by atoms with Gasteiger partial charge in [-0.3, -0.25) is 0 Å². The molecule has 3 rings (SSSR count). The molecule has 3 aromatic rings. The molecule has 1 heteroatoms. The fourth-order valence-electron chi connectivity index (χ4n) is 2.93. The first kappa shape index (κ1) is 14.4. The van der Waals surface area contributed by atoms with Crippen molar-refractivity contribution < 1.29 is 5.11 Å². The van der Waals surface area contributed by atoms with Crippen molar-refractivity contribution in [2.45, 2.75) is 19.8 Å². The summed E-state index contributed by atoms with van der Waals surface area (Å²) in [7, 11) is 0. The monoisotopic (exact) mass is 288 g/mol. The van der Waals surface area contributed by atoms with Crippen LogP contribution in [0.15, 0.2) is 72.8 Å². The lowest BCUT2D eigenvalue weighted by Gasteiger charge is -2.17. The molecule has 0 amide bonds. The van der Waals surface area contributed by atoms with Crippen LogP contribution in [0.4, 0.5) is 0 Å². The summed E-state index contributed by atoms with van der Waals surface area (Å²) in [4.78, 5) is 0. The molecule has 0 unspecified atom stereocenters. The van der Waals surface area contributed by atoms with E-state index in [0.29, 0.717) is 5.75 Å². The van der Waals surface area contributed by atoms with Crippen molar-refractivity contribution in [1.82, 2.24) is 0 Å². The standard InChI is InChI=1S/C21H20O/c1-2-9-19-20(22)15-14-18(16-10-5-3-6-11-16)21(19)17-12-7-4-8-13-17/h3-8,10-15,22H,2,9H2,1H3. The van der Waals surface area contributed by atoms with Gasteiger partial charge in [0.25, 0.3) is 0 Å². The van der Waals surface area contributed by atoms with Crippen LogP contribution in [0.25, 0.3) is 22.3 Å². The molecular weight excluding hydrogens is 268 g/mol. The molecule has 0 fully saturated rings. The molecule has 0 aromatic heterocycles. The van der Waals surface area contributed by atoms with E-state index in [0.717, 1.165) is 29.5 Å². The maximum absolute atomic E-state index is 10.4. The molecule has 0 atom stereocenters. The molecule has 0 heterocycles. The molecule has 3 aromatic carbocycles. The maximum atomic E-state index is 10.4. The quantitative estimate of drug-likeness (QED) is 0.655. The second kappa shape index (κ2) is 6.48. The van der Waals surface area contributed by atoms with Crippen molar-refractivity contribution in [1.29, 1.82) is 0 Å². The first-order valence-corrected chi connectivity index (χ1v) is 7.77. The highest BCUT2D eigenvalue weighted by molar-refractivity contribution is 5.87. The third-order valence-electron chi connectivity index (χ3n) is 3.94. The average Bonchev–Trinajstić information content (AvgIpc) is 2.58. The van der Waals surface area contributed by atoms with E-state index in [9.17, 15) is 5.11 Å². The van der Waals surface area contributed by atoms with E-state index in [1.807, 2.05) is 36.4 Å². The average molecular weight is 288 g/mol. The Balaban J connectivity index is 2.29. The largest absolute Gasteiger partial charge is 0.508 e. The molecule has 0 saturated heterocycles. The summed E-state index contributed by atoms with van der Waals surface area (Å²) in [6.07, 6.45) is 1.88. The summed E-state index contributed by atoms with van der Waals surface area (Å²) in [6.45, 7) is 2.14. The fraction of sp³-hybridized carbons (Fsp3) is 0.143. The number of benzene rings is 3. The van der Waals surface area contributed by atoms with Gasteiger partial charge in [0.2, 0.25) is 0 Å². The molecule has 1 N–H and O–H groups in total. The SMILES string of the molecule is CCCc1c(O)ccc(-c2ccccc2)c1-c1ccccc1. The van der Waals surface area contributed by atoms with E-state index >= 15 is 0 Å². The van der Waals surface area contributed by atoms with Crippen molar-refractivity contribution >= 4 is 0 Å². The molecule has 0 aliphatic carbocycles. The number of phenolic OH excluding ortho intramolecular Hbond substituents is 1. The van der Waals surface area contributed by atoms with Gasteiger partial charge in [0.1, 0.15) is 5.75 Å². The molecule has 0 saturated carbocycles. The van der Waals surface area contributed by atoms with Crippen LogP contribution in [0.5, 0.6) is 5.75 Å². The normalized spacial score (nSPS) is 10.6. The summed E-state index contributed by atoms with van der Waals surface area (Å²) in [5.74, 6) is 0.389. The van der Waals surface area contributed by atoms with Crippen LogP contribution in [0.2, 0.25) is 0 Å². The highest BCUT2D eigenvalue weighted by Gasteiger charge is 2.15. The number of rotatable bonds is 4. The van der Waals surface area contributed by atoms with E-state index < -0.39 is 0 Å². The Labute approximate surface area is 131 Å². The molecule has 0 aliphatic heterocycles. The van der Waals surface area contributed by atoms with Crippen molar-refractivity contribution in [2.24, 2.45) is 0 Å². The van der Waals surface area contributed by atoms with Crippen LogP contribution in [-0.2, 0) is 6.42 Å². The molecule has 0 aliphatic rings. The lowest BCUT2D eigenvalue weighted by molar-refractivity contribution is 0.468. The Kier molecular flexibility index (Phi) is 4.24. The smallest absolute Gasteiger partial charge is 0.119 e. The Morgan fingerprint density at radius 3 is 1.91 bits per heavy atom. The van der Waals surface area contributed by atoms with Crippen LogP contribution >= 0.6 is 0 Å². The Morgan fingerprint density at radius 2 is 1.32 bits per heavy atom. The minimum Gasteiger partial charge on any atom is -0.508 e. The number of phenols is 1. The van der Waals surface area contributed by atoms with Crippen molar-refractivity contribution in [3.05, 3.63) is 78.4 Å². The third-order valence-corrected chi connectivity index (χ3v) is 3.94. The second-order valence-electron chi connectivity index (χ2n) is 5.47. The summed E-state index contributed by atoms with van der Waals surface area (Å²) >= 11 is 0. The van der Waals surface area contributed by atoms with Crippen molar-refractivity contribution in [3.63, 3.8) is 0 Å². The maximum Gasteiger partial charge on any atom is 0.119 e. The van der Waals surface area contributed by atoms with Gasteiger partial charge in [0.15, 0.2) is 0 Å². The third kappa shape index (κ3) is 2.75. The highest BCUT2D eigenvalue weighted by atomic mass is 16.3.